The Morgan fingerprint density at radius 1 is 1.36 bits per heavy atom. The van der Waals surface area contributed by atoms with Crippen molar-refractivity contribution in [1.82, 2.24) is 15.5 Å². The molecule has 1 aromatic rings. The van der Waals surface area contributed by atoms with Crippen LogP contribution < -0.4 is 10.6 Å². The van der Waals surface area contributed by atoms with Gasteiger partial charge in [0.1, 0.15) is 17.1 Å². The van der Waals surface area contributed by atoms with Gasteiger partial charge in [-0.25, -0.2) is 4.99 Å². The fourth-order valence-corrected chi connectivity index (χ4v) is 2.99. The highest BCUT2D eigenvalue weighted by Crippen LogP contribution is 2.23. The summed E-state index contributed by atoms with van der Waals surface area (Å²) in [6, 6.07) is 3.67. The number of nitrogens with zero attached hydrogens (tertiary/aromatic N) is 2. The van der Waals surface area contributed by atoms with Crippen LogP contribution in [0.5, 0.6) is 0 Å². The van der Waals surface area contributed by atoms with Crippen LogP contribution in [0.2, 0.25) is 0 Å². The monoisotopic (exact) mass is 350 g/mol. The maximum atomic E-state index is 10.6. The number of aryl methyl sites for hydroxylation is 1. The third-order valence-electron chi connectivity index (χ3n) is 4.76. The summed E-state index contributed by atoms with van der Waals surface area (Å²) in [5.41, 5.74) is -1.11. The van der Waals surface area contributed by atoms with Crippen molar-refractivity contribution >= 4 is 5.96 Å². The molecular formula is C19H34N4O2. The van der Waals surface area contributed by atoms with E-state index in [0.29, 0.717) is 5.76 Å². The molecule has 2 rings (SSSR count). The Morgan fingerprint density at radius 3 is 2.68 bits per heavy atom. The van der Waals surface area contributed by atoms with E-state index >= 15 is 0 Å². The number of hydrogen-bond acceptors (Lipinski definition) is 4. The summed E-state index contributed by atoms with van der Waals surface area (Å²) in [6.07, 6.45) is 2.58. The first-order valence-corrected chi connectivity index (χ1v) is 9.44. The lowest BCUT2D eigenvalue weighted by molar-refractivity contribution is 0.0428. The second-order valence-electron chi connectivity index (χ2n) is 7.33. The molecule has 1 aliphatic rings. The van der Waals surface area contributed by atoms with Crippen LogP contribution in [0.4, 0.5) is 0 Å². The molecule has 1 fully saturated rings. The summed E-state index contributed by atoms with van der Waals surface area (Å²) in [5, 5.41) is 17.2. The molecular weight excluding hydrogens is 316 g/mol. The van der Waals surface area contributed by atoms with Gasteiger partial charge in [0.05, 0.1) is 6.54 Å². The molecule has 0 aromatic carbocycles. The number of hydrogen-bond donors (Lipinski definition) is 3. The van der Waals surface area contributed by atoms with Crippen LogP contribution in [-0.2, 0) is 5.60 Å². The number of aliphatic hydroxyl groups is 1. The number of piperidine rings is 1. The fraction of sp³-hybridized carbons (Fsp3) is 0.737. The van der Waals surface area contributed by atoms with E-state index < -0.39 is 5.60 Å². The van der Waals surface area contributed by atoms with Crippen molar-refractivity contribution in [2.45, 2.75) is 46.1 Å². The van der Waals surface area contributed by atoms with Crippen LogP contribution in [-0.4, -0.2) is 55.2 Å². The molecule has 1 saturated heterocycles. The van der Waals surface area contributed by atoms with Crippen molar-refractivity contribution in [1.29, 1.82) is 0 Å². The molecule has 1 atom stereocenters. The van der Waals surface area contributed by atoms with E-state index in [-0.39, 0.29) is 6.54 Å². The highest BCUT2D eigenvalue weighted by molar-refractivity contribution is 5.79. The lowest BCUT2D eigenvalue weighted by Gasteiger charge is -2.30. The second-order valence-corrected chi connectivity index (χ2v) is 7.33. The maximum Gasteiger partial charge on any atom is 0.191 e. The number of aliphatic imine (C=N–C) groups is 1. The lowest BCUT2D eigenvalue weighted by atomic mass is 9.99. The fourth-order valence-electron chi connectivity index (χ4n) is 2.99. The van der Waals surface area contributed by atoms with Crippen LogP contribution in [0.15, 0.2) is 21.5 Å². The molecule has 6 heteroatoms. The van der Waals surface area contributed by atoms with Crippen molar-refractivity contribution in [3.8, 4) is 0 Å². The van der Waals surface area contributed by atoms with E-state index in [9.17, 15) is 5.11 Å². The quantitative estimate of drug-likeness (QED) is 0.519. The van der Waals surface area contributed by atoms with E-state index in [4.69, 9.17) is 4.42 Å². The van der Waals surface area contributed by atoms with Gasteiger partial charge in [-0.05, 0) is 64.8 Å². The van der Waals surface area contributed by atoms with E-state index in [1.165, 1.54) is 25.9 Å². The van der Waals surface area contributed by atoms with Crippen LogP contribution in [0.25, 0.3) is 0 Å². The maximum absolute atomic E-state index is 10.6. The third kappa shape index (κ3) is 6.36. The standard InChI is InChI=1S/C19H34N4O2/c1-5-20-18(21-10-13-23-11-8-15(2)9-12-23)22-14-19(4,24)17-7-6-16(3)25-17/h6-7,15,24H,5,8-14H2,1-4H3,(H2,20,21,22). The van der Waals surface area contributed by atoms with E-state index in [2.05, 4.69) is 27.4 Å². The normalized spacial score (nSPS) is 19.6. The molecule has 0 spiro atoms. The van der Waals surface area contributed by atoms with Gasteiger partial charge < -0.3 is 25.1 Å². The molecule has 0 aliphatic carbocycles. The van der Waals surface area contributed by atoms with E-state index in [1.54, 1.807) is 6.92 Å². The number of guanidine groups is 1. The first-order valence-electron chi connectivity index (χ1n) is 9.44. The zero-order valence-corrected chi connectivity index (χ0v) is 16.1. The first-order chi connectivity index (χ1) is 11.9. The second kappa shape index (κ2) is 9.25. The molecule has 0 radical (unpaired) electrons. The Labute approximate surface area is 151 Å². The number of nitrogens with one attached hydrogen (secondary N) is 2. The predicted molar refractivity (Wildman–Crippen MR) is 102 cm³/mol. The Balaban J connectivity index is 1.83. The topological polar surface area (TPSA) is 73.0 Å². The summed E-state index contributed by atoms with van der Waals surface area (Å²) in [5.74, 6) is 2.93. The van der Waals surface area contributed by atoms with Crippen LogP contribution in [0.3, 0.4) is 0 Å². The van der Waals surface area contributed by atoms with Crippen molar-refractivity contribution in [3.05, 3.63) is 23.7 Å². The summed E-state index contributed by atoms with van der Waals surface area (Å²) < 4.78 is 5.54. The van der Waals surface area contributed by atoms with Gasteiger partial charge in [0, 0.05) is 19.6 Å². The van der Waals surface area contributed by atoms with Gasteiger partial charge in [-0.1, -0.05) is 6.92 Å². The molecule has 25 heavy (non-hydrogen) atoms. The van der Waals surface area contributed by atoms with Crippen LogP contribution in [0.1, 0.15) is 45.1 Å². The molecule has 0 saturated carbocycles. The SMILES string of the molecule is CCNC(=NCC(C)(O)c1ccc(C)o1)NCCN1CCC(C)CC1. The van der Waals surface area contributed by atoms with Crippen LogP contribution >= 0.6 is 0 Å². The Kier molecular flexibility index (Phi) is 7.32. The minimum absolute atomic E-state index is 0.247. The molecule has 0 amide bonds. The van der Waals surface area contributed by atoms with Gasteiger partial charge in [0.2, 0.25) is 0 Å². The molecule has 1 aliphatic heterocycles. The highest BCUT2D eigenvalue weighted by Gasteiger charge is 2.26. The minimum atomic E-state index is -1.11. The lowest BCUT2D eigenvalue weighted by Crippen LogP contribution is -2.43. The average molecular weight is 351 g/mol. The third-order valence-corrected chi connectivity index (χ3v) is 4.76. The van der Waals surface area contributed by atoms with Crippen molar-refractivity contribution in [2.24, 2.45) is 10.9 Å². The van der Waals surface area contributed by atoms with E-state index in [0.717, 1.165) is 37.3 Å². The minimum Gasteiger partial charge on any atom is -0.463 e. The largest absolute Gasteiger partial charge is 0.463 e. The number of rotatable bonds is 7. The number of furan rings is 1. The van der Waals surface area contributed by atoms with Gasteiger partial charge in [0.15, 0.2) is 5.96 Å². The zero-order valence-electron chi connectivity index (χ0n) is 16.1. The van der Waals surface area contributed by atoms with Crippen molar-refractivity contribution in [2.75, 3.05) is 39.3 Å². The average Bonchev–Trinajstić information content (AvgIpc) is 3.02. The summed E-state index contributed by atoms with van der Waals surface area (Å²) in [7, 11) is 0. The van der Waals surface area contributed by atoms with Crippen LogP contribution in [0, 0.1) is 12.8 Å². The molecule has 3 N–H and O–H groups in total. The molecule has 0 bridgehead atoms. The predicted octanol–water partition coefficient (Wildman–Crippen LogP) is 2.08. The molecule has 1 aromatic heterocycles. The van der Waals surface area contributed by atoms with Gasteiger partial charge in [-0.3, -0.25) is 0 Å². The summed E-state index contributed by atoms with van der Waals surface area (Å²) in [4.78, 5) is 7.03. The smallest absolute Gasteiger partial charge is 0.191 e. The zero-order chi connectivity index (χ0) is 18.3. The molecule has 6 nitrogen and oxygen atoms in total. The molecule has 142 valence electrons. The Morgan fingerprint density at radius 2 is 2.08 bits per heavy atom. The molecule has 2 heterocycles. The summed E-state index contributed by atoms with van der Waals surface area (Å²) in [6.45, 7) is 13.2. The van der Waals surface area contributed by atoms with E-state index in [1.807, 2.05) is 26.0 Å². The van der Waals surface area contributed by atoms with Gasteiger partial charge in [-0.2, -0.15) is 0 Å². The first kappa shape index (κ1) is 19.8. The Bertz CT molecular complexity index is 545. The Hall–Kier alpha value is -1.53. The number of likely N-dealkylation sites (tertiary alicyclic amines) is 1. The van der Waals surface area contributed by atoms with Gasteiger partial charge in [0.25, 0.3) is 0 Å². The van der Waals surface area contributed by atoms with Gasteiger partial charge in [-0.15, -0.1) is 0 Å². The summed E-state index contributed by atoms with van der Waals surface area (Å²) >= 11 is 0. The highest BCUT2D eigenvalue weighted by atomic mass is 16.4. The van der Waals surface area contributed by atoms with Crippen molar-refractivity contribution in [3.63, 3.8) is 0 Å². The van der Waals surface area contributed by atoms with Crippen molar-refractivity contribution < 1.29 is 9.52 Å². The molecule has 1 unspecified atom stereocenters. The van der Waals surface area contributed by atoms with Gasteiger partial charge >= 0.3 is 0 Å².